The van der Waals surface area contributed by atoms with Gasteiger partial charge in [0, 0.05) is 5.30 Å². The molecule has 1 aromatic rings. The van der Waals surface area contributed by atoms with Crippen molar-refractivity contribution in [2.75, 3.05) is 10.2 Å². The first kappa shape index (κ1) is 12.3. The van der Waals surface area contributed by atoms with E-state index in [1.165, 1.54) is 0 Å². The lowest BCUT2D eigenvalue weighted by Gasteiger charge is -2.06. The molecule has 0 spiro atoms. The van der Waals surface area contributed by atoms with Crippen molar-refractivity contribution >= 4 is 57.7 Å². The van der Waals surface area contributed by atoms with Crippen molar-refractivity contribution in [3.63, 3.8) is 0 Å². The van der Waals surface area contributed by atoms with E-state index in [0.717, 1.165) is 0 Å². The van der Waals surface area contributed by atoms with E-state index in [1.54, 1.807) is 6.07 Å². The minimum absolute atomic E-state index is 0.0822. The standard InChI is InChI=1S/C8H7O4PS4/c9-14-2-16(11)7-4(14)1-5-8(6(7)13)17(12)3-15(5)10/h1H,2-3,13H2. The van der Waals surface area contributed by atoms with Crippen molar-refractivity contribution in [3.05, 3.63) is 6.07 Å². The molecule has 2 aliphatic rings. The SMILES string of the molecule is O=S1CS(=O)c2c1cc1c(c2P)S(=O)CS1=O. The van der Waals surface area contributed by atoms with Gasteiger partial charge in [0.2, 0.25) is 0 Å². The fourth-order valence-electron chi connectivity index (χ4n) is 1.87. The second-order valence-corrected chi connectivity index (χ2v) is 10.5. The minimum atomic E-state index is -1.31. The maximum Gasteiger partial charge on any atom is 0.109 e. The van der Waals surface area contributed by atoms with Crippen molar-refractivity contribution in [2.45, 2.75) is 19.6 Å². The van der Waals surface area contributed by atoms with Gasteiger partial charge in [-0.2, -0.15) is 0 Å². The average molecular weight is 326 g/mol. The molecule has 2 heterocycles. The summed E-state index contributed by atoms with van der Waals surface area (Å²) in [5.41, 5.74) is 0. The maximum atomic E-state index is 11.8. The van der Waals surface area contributed by atoms with Crippen LogP contribution in [0.5, 0.6) is 0 Å². The first-order chi connectivity index (χ1) is 8.00. The third-order valence-corrected chi connectivity index (χ3v) is 10.7. The van der Waals surface area contributed by atoms with Crippen molar-refractivity contribution in [2.24, 2.45) is 0 Å². The van der Waals surface area contributed by atoms with Gasteiger partial charge in [0.05, 0.1) is 62.8 Å². The van der Waals surface area contributed by atoms with Crippen molar-refractivity contribution in [1.82, 2.24) is 0 Å². The van der Waals surface area contributed by atoms with Crippen LogP contribution in [-0.4, -0.2) is 27.0 Å². The maximum absolute atomic E-state index is 11.8. The number of fused-ring (bicyclic) bond motifs is 2. The largest absolute Gasteiger partial charge is 0.253 e. The van der Waals surface area contributed by atoms with Crippen LogP contribution in [0.4, 0.5) is 0 Å². The number of hydrogen-bond donors (Lipinski definition) is 0. The molecular formula is C8H7O4PS4. The van der Waals surface area contributed by atoms with Crippen molar-refractivity contribution < 1.29 is 16.8 Å². The monoisotopic (exact) mass is 326 g/mol. The zero-order valence-corrected chi connectivity index (χ0v) is 12.8. The Labute approximate surface area is 110 Å². The molecule has 1 aromatic carbocycles. The lowest BCUT2D eigenvalue weighted by Crippen LogP contribution is -2.09. The molecule has 0 aromatic heterocycles. The van der Waals surface area contributed by atoms with Crippen LogP contribution >= 0.6 is 9.24 Å². The molecule has 92 valence electrons. The highest BCUT2D eigenvalue weighted by atomic mass is 32.3. The van der Waals surface area contributed by atoms with Gasteiger partial charge in [0.15, 0.2) is 0 Å². The van der Waals surface area contributed by atoms with Gasteiger partial charge in [0.1, 0.15) is 10.2 Å². The summed E-state index contributed by atoms with van der Waals surface area (Å²) < 4.78 is 47.1. The summed E-state index contributed by atoms with van der Waals surface area (Å²) >= 11 is 0. The molecular weight excluding hydrogens is 319 g/mol. The van der Waals surface area contributed by atoms with Gasteiger partial charge in [-0.3, -0.25) is 16.8 Å². The van der Waals surface area contributed by atoms with E-state index in [9.17, 15) is 16.8 Å². The summed E-state index contributed by atoms with van der Waals surface area (Å²) in [5, 5.41) is 0.725. The second-order valence-electron chi connectivity index (χ2n) is 3.56. The van der Waals surface area contributed by atoms with Crippen LogP contribution in [0.1, 0.15) is 0 Å². The predicted molar refractivity (Wildman–Crippen MR) is 71.2 cm³/mol. The molecule has 2 aliphatic heterocycles. The smallest absolute Gasteiger partial charge is 0.109 e. The van der Waals surface area contributed by atoms with Gasteiger partial charge >= 0.3 is 0 Å². The molecule has 0 aliphatic carbocycles. The highest BCUT2D eigenvalue weighted by molar-refractivity contribution is 8.06. The zero-order valence-electron chi connectivity index (χ0n) is 8.33. The van der Waals surface area contributed by atoms with Crippen LogP contribution in [0, 0.1) is 0 Å². The highest BCUT2D eigenvalue weighted by Crippen LogP contribution is 2.35. The average Bonchev–Trinajstić information content (AvgIpc) is 2.68. The summed E-state index contributed by atoms with van der Waals surface area (Å²) in [6, 6.07) is 1.56. The van der Waals surface area contributed by atoms with E-state index < -0.39 is 43.2 Å². The molecule has 0 saturated carbocycles. The summed E-state index contributed by atoms with van der Waals surface area (Å²) in [7, 11) is -2.83. The Morgan fingerprint density at radius 3 is 1.65 bits per heavy atom. The van der Waals surface area contributed by atoms with Gasteiger partial charge in [-0.05, 0) is 6.07 Å². The molecule has 5 unspecified atom stereocenters. The fraction of sp³-hybridized carbons (Fsp3) is 0.250. The summed E-state index contributed by atoms with van der Waals surface area (Å²) in [4.78, 5) is 1.97. The highest BCUT2D eigenvalue weighted by Gasteiger charge is 2.36. The van der Waals surface area contributed by atoms with Crippen LogP contribution in [-0.2, 0) is 43.2 Å². The number of rotatable bonds is 0. The van der Waals surface area contributed by atoms with E-state index in [1.807, 2.05) is 0 Å². The van der Waals surface area contributed by atoms with Crippen LogP contribution in [0.3, 0.4) is 0 Å². The van der Waals surface area contributed by atoms with Crippen molar-refractivity contribution in [1.29, 1.82) is 0 Å². The molecule has 0 fully saturated rings. The third kappa shape index (κ3) is 1.69. The van der Waals surface area contributed by atoms with E-state index >= 15 is 0 Å². The predicted octanol–water partition coefficient (Wildman–Crippen LogP) is -0.440. The van der Waals surface area contributed by atoms with Gasteiger partial charge < -0.3 is 0 Å². The molecule has 5 atom stereocenters. The Hall–Kier alpha value is 0.250. The first-order valence-electron chi connectivity index (χ1n) is 4.50. The summed E-state index contributed by atoms with van der Waals surface area (Å²) in [6.07, 6.45) is 0. The van der Waals surface area contributed by atoms with Gasteiger partial charge in [0.25, 0.3) is 0 Å². The van der Waals surface area contributed by atoms with Crippen LogP contribution in [0.2, 0.25) is 0 Å². The fourth-order valence-corrected chi connectivity index (χ4v) is 10.3. The number of benzene rings is 1. The van der Waals surface area contributed by atoms with E-state index in [2.05, 4.69) is 9.24 Å². The Bertz CT molecular complexity index is 601. The summed E-state index contributed by atoms with van der Waals surface area (Å²) in [5.74, 6) is 0. The van der Waals surface area contributed by atoms with E-state index in [0.29, 0.717) is 24.9 Å². The lowest BCUT2D eigenvalue weighted by atomic mass is 10.3. The first-order valence-corrected chi connectivity index (χ1v) is 10.4. The normalized spacial score (nSPS) is 34.6. The third-order valence-electron chi connectivity index (χ3n) is 2.57. The molecule has 3 rings (SSSR count). The van der Waals surface area contributed by atoms with Crippen LogP contribution in [0.25, 0.3) is 0 Å². The Morgan fingerprint density at radius 1 is 0.824 bits per heavy atom. The van der Waals surface area contributed by atoms with Crippen LogP contribution in [0.15, 0.2) is 25.6 Å². The molecule has 0 N–H and O–H groups in total. The molecule has 17 heavy (non-hydrogen) atoms. The molecule has 9 heteroatoms. The summed E-state index contributed by atoms with van der Waals surface area (Å²) in [6.45, 7) is 0. The van der Waals surface area contributed by atoms with E-state index in [4.69, 9.17) is 0 Å². The second kappa shape index (κ2) is 4.13. The van der Waals surface area contributed by atoms with Crippen LogP contribution < -0.4 is 5.30 Å². The van der Waals surface area contributed by atoms with Gasteiger partial charge in [-0.25, -0.2) is 0 Å². The molecule has 0 bridgehead atoms. The molecule has 0 amide bonds. The Balaban J connectivity index is 2.42. The molecule has 0 saturated heterocycles. The van der Waals surface area contributed by atoms with Gasteiger partial charge in [-0.1, -0.05) is 0 Å². The Kier molecular flexibility index (Phi) is 2.99. The van der Waals surface area contributed by atoms with Gasteiger partial charge in [-0.15, -0.1) is 9.24 Å². The molecule has 4 nitrogen and oxygen atoms in total. The Morgan fingerprint density at radius 2 is 1.24 bits per heavy atom. The topological polar surface area (TPSA) is 68.3 Å². The minimum Gasteiger partial charge on any atom is -0.253 e. The zero-order chi connectivity index (χ0) is 12.3. The quantitative estimate of drug-likeness (QED) is 0.606. The van der Waals surface area contributed by atoms with E-state index in [-0.39, 0.29) is 10.2 Å². The van der Waals surface area contributed by atoms with Crippen molar-refractivity contribution in [3.8, 4) is 0 Å². The number of hydrogen-bond acceptors (Lipinski definition) is 4. The lowest BCUT2D eigenvalue weighted by molar-refractivity contribution is 0.682. The molecule has 0 radical (unpaired) electrons.